The standard InChI is InChI=1S/C22H27N3O3/c1-5-16-7-10-18(11-8-16)22-23-21(28-24-22)15-25(3)14-17-9-12-19(27-6-2)20(13-17)26-4/h7-13H,5-6,14-15H2,1-4H3/p+1. The second-order valence-electron chi connectivity index (χ2n) is 6.79. The summed E-state index contributed by atoms with van der Waals surface area (Å²) in [7, 11) is 3.76. The number of methoxy groups -OCH3 is 1. The quantitative estimate of drug-likeness (QED) is 0.617. The van der Waals surface area contributed by atoms with Crippen LogP contribution in [0.15, 0.2) is 47.0 Å². The second-order valence-corrected chi connectivity index (χ2v) is 6.79. The molecule has 1 aromatic heterocycles. The second kappa shape index (κ2) is 9.37. The lowest BCUT2D eigenvalue weighted by atomic mass is 10.1. The molecule has 0 spiro atoms. The largest absolute Gasteiger partial charge is 0.493 e. The summed E-state index contributed by atoms with van der Waals surface area (Å²) in [6.07, 6.45) is 1.02. The Hall–Kier alpha value is -2.86. The Balaban J connectivity index is 1.63. The topological polar surface area (TPSA) is 61.8 Å². The Bertz CT molecular complexity index is 890. The molecule has 3 rings (SSSR count). The van der Waals surface area contributed by atoms with E-state index >= 15 is 0 Å². The average Bonchev–Trinajstić information content (AvgIpc) is 3.17. The van der Waals surface area contributed by atoms with E-state index in [9.17, 15) is 0 Å². The molecule has 0 aliphatic heterocycles. The highest BCUT2D eigenvalue weighted by molar-refractivity contribution is 5.54. The van der Waals surface area contributed by atoms with Crippen LogP contribution < -0.4 is 14.4 Å². The van der Waals surface area contributed by atoms with Gasteiger partial charge < -0.3 is 18.9 Å². The van der Waals surface area contributed by atoms with Crippen LogP contribution in [0.1, 0.15) is 30.9 Å². The number of nitrogens with zero attached hydrogens (tertiary/aromatic N) is 2. The van der Waals surface area contributed by atoms with Gasteiger partial charge in [0.05, 0.1) is 20.8 Å². The van der Waals surface area contributed by atoms with Gasteiger partial charge in [0.25, 0.3) is 5.89 Å². The first-order valence-electron chi connectivity index (χ1n) is 9.65. The molecule has 0 amide bonds. The highest BCUT2D eigenvalue weighted by atomic mass is 16.5. The molecule has 1 atom stereocenters. The molecule has 28 heavy (non-hydrogen) atoms. The fourth-order valence-corrected chi connectivity index (χ4v) is 3.10. The number of quaternary nitrogens is 1. The number of aryl methyl sites for hydroxylation is 1. The predicted molar refractivity (Wildman–Crippen MR) is 108 cm³/mol. The van der Waals surface area contributed by atoms with Gasteiger partial charge in [0.15, 0.2) is 18.0 Å². The van der Waals surface area contributed by atoms with Crippen LogP contribution in [0.2, 0.25) is 0 Å². The van der Waals surface area contributed by atoms with Crippen LogP contribution in [0.4, 0.5) is 0 Å². The Morgan fingerprint density at radius 2 is 1.71 bits per heavy atom. The Morgan fingerprint density at radius 3 is 2.39 bits per heavy atom. The lowest BCUT2D eigenvalue weighted by Gasteiger charge is -2.14. The summed E-state index contributed by atoms with van der Waals surface area (Å²) in [5.74, 6) is 2.78. The van der Waals surface area contributed by atoms with Crippen LogP contribution in [-0.2, 0) is 19.5 Å². The minimum atomic E-state index is 0.613. The van der Waals surface area contributed by atoms with Gasteiger partial charge in [0.1, 0.15) is 6.54 Å². The van der Waals surface area contributed by atoms with E-state index in [0.29, 0.717) is 24.9 Å². The third kappa shape index (κ3) is 4.89. The minimum absolute atomic E-state index is 0.613. The third-order valence-corrected chi connectivity index (χ3v) is 4.58. The van der Waals surface area contributed by atoms with Crippen molar-refractivity contribution in [1.29, 1.82) is 0 Å². The number of aromatic nitrogens is 2. The zero-order valence-corrected chi connectivity index (χ0v) is 17.0. The van der Waals surface area contributed by atoms with Gasteiger partial charge in [-0.15, -0.1) is 0 Å². The summed E-state index contributed by atoms with van der Waals surface area (Å²) in [5.41, 5.74) is 3.43. The van der Waals surface area contributed by atoms with Crippen molar-refractivity contribution in [3.8, 4) is 22.9 Å². The van der Waals surface area contributed by atoms with Gasteiger partial charge in [-0.3, -0.25) is 0 Å². The molecule has 0 fully saturated rings. The number of nitrogens with one attached hydrogen (secondary N) is 1. The van der Waals surface area contributed by atoms with Crippen molar-refractivity contribution in [2.75, 3.05) is 20.8 Å². The van der Waals surface area contributed by atoms with Crippen LogP contribution in [0.3, 0.4) is 0 Å². The van der Waals surface area contributed by atoms with E-state index in [1.54, 1.807) is 7.11 Å². The van der Waals surface area contributed by atoms with Gasteiger partial charge in [-0.05, 0) is 37.1 Å². The molecule has 0 saturated carbocycles. The maximum Gasteiger partial charge on any atom is 0.282 e. The molecule has 148 valence electrons. The Labute approximate surface area is 166 Å². The molecular weight excluding hydrogens is 354 g/mol. The van der Waals surface area contributed by atoms with Gasteiger partial charge in [0, 0.05) is 11.1 Å². The predicted octanol–water partition coefficient (Wildman–Crippen LogP) is 2.92. The molecule has 0 saturated heterocycles. The number of ether oxygens (including phenoxy) is 2. The molecule has 0 aliphatic carbocycles. The summed E-state index contributed by atoms with van der Waals surface area (Å²) < 4.78 is 16.5. The first-order valence-corrected chi connectivity index (χ1v) is 9.65. The van der Waals surface area contributed by atoms with E-state index in [1.807, 2.05) is 31.2 Å². The maximum absolute atomic E-state index is 5.58. The SMILES string of the molecule is CCOc1ccc(C[NH+](C)Cc2nc(-c3ccc(CC)cc3)no2)cc1OC. The van der Waals surface area contributed by atoms with Crippen molar-refractivity contribution in [2.45, 2.75) is 33.4 Å². The summed E-state index contributed by atoms with van der Waals surface area (Å²) in [6.45, 7) is 6.17. The lowest BCUT2D eigenvalue weighted by molar-refractivity contribution is -0.909. The Kier molecular flexibility index (Phi) is 6.66. The average molecular weight is 382 g/mol. The number of hydrogen-bond donors (Lipinski definition) is 1. The van der Waals surface area contributed by atoms with Crippen molar-refractivity contribution < 1.29 is 18.9 Å². The fraction of sp³-hybridized carbons (Fsp3) is 0.364. The van der Waals surface area contributed by atoms with Crippen molar-refractivity contribution in [2.24, 2.45) is 0 Å². The highest BCUT2D eigenvalue weighted by Gasteiger charge is 2.15. The molecule has 1 N–H and O–H groups in total. The highest BCUT2D eigenvalue weighted by Crippen LogP contribution is 2.27. The Morgan fingerprint density at radius 1 is 0.964 bits per heavy atom. The van der Waals surface area contributed by atoms with Gasteiger partial charge >= 0.3 is 0 Å². The molecule has 1 unspecified atom stereocenters. The number of benzene rings is 2. The van der Waals surface area contributed by atoms with E-state index < -0.39 is 0 Å². The first-order chi connectivity index (χ1) is 13.6. The minimum Gasteiger partial charge on any atom is -0.493 e. The van der Waals surface area contributed by atoms with E-state index in [2.05, 4.69) is 42.3 Å². The normalized spacial score (nSPS) is 12.0. The van der Waals surface area contributed by atoms with E-state index in [1.165, 1.54) is 10.5 Å². The van der Waals surface area contributed by atoms with Crippen LogP contribution >= 0.6 is 0 Å². The number of rotatable bonds is 9. The summed E-state index contributed by atoms with van der Waals surface area (Å²) in [6, 6.07) is 14.3. The molecule has 0 radical (unpaired) electrons. The van der Waals surface area contributed by atoms with Gasteiger partial charge in [-0.2, -0.15) is 4.98 Å². The molecule has 2 aromatic carbocycles. The van der Waals surface area contributed by atoms with Gasteiger partial charge in [-0.1, -0.05) is 36.3 Å². The van der Waals surface area contributed by atoms with E-state index in [4.69, 9.17) is 14.0 Å². The molecule has 0 aliphatic rings. The number of hydrogen-bond acceptors (Lipinski definition) is 5. The van der Waals surface area contributed by atoms with E-state index in [-0.39, 0.29) is 0 Å². The molecular formula is C22H28N3O3+. The summed E-state index contributed by atoms with van der Waals surface area (Å²) >= 11 is 0. The van der Waals surface area contributed by atoms with Crippen molar-refractivity contribution in [3.63, 3.8) is 0 Å². The van der Waals surface area contributed by atoms with Crippen LogP contribution in [0.5, 0.6) is 11.5 Å². The molecule has 1 heterocycles. The maximum atomic E-state index is 5.58. The molecule has 6 nitrogen and oxygen atoms in total. The van der Waals surface area contributed by atoms with Crippen molar-refractivity contribution in [3.05, 3.63) is 59.5 Å². The smallest absolute Gasteiger partial charge is 0.282 e. The molecule has 6 heteroatoms. The van der Waals surface area contributed by atoms with Crippen LogP contribution in [-0.4, -0.2) is 30.9 Å². The summed E-state index contributed by atoms with van der Waals surface area (Å²) in [5, 5.41) is 4.13. The van der Waals surface area contributed by atoms with Gasteiger partial charge in [-0.25, -0.2) is 0 Å². The van der Waals surface area contributed by atoms with Crippen molar-refractivity contribution in [1.82, 2.24) is 10.1 Å². The molecule has 0 bridgehead atoms. The van der Waals surface area contributed by atoms with E-state index in [0.717, 1.165) is 35.6 Å². The van der Waals surface area contributed by atoms with Gasteiger partial charge in [0.2, 0.25) is 5.82 Å². The fourth-order valence-electron chi connectivity index (χ4n) is 3.10. The first kappa shape index (κ1) is 19.9. The zero-order chi connectivity index (χ0) is 19.9. The summed E-state index contributed by atoms with van der Waals surface area (Å²) in [4.78, 5) is 5.79. The monoisotopic (exact) mass is 382 g/mol. The third-order valence-electron chi connectivity index (χ3n) is 4.58. The zero-order valence-electron chi connectivity index (χ0n) is 17.0. The van der Waals surface area contributed by atoms with Crippen LogP contribution in [0, 0.1) is 0 Å². The molecule has 3 aromatic rings. The van der Waals surface area contributed by atoms with Crippen molar-refractivity contribution >= 4 is 0 Å². The van der Waals surface area contributed by atoms with Crippen LogP contribution in [0.25, 0.3) is 11.4 Å². The lowest BCUT2D eigenvalue weighted by Crippen LogP contribution is -3.06.